The molecule has 2 heterocycles. The third-order valence-corrected chi connectivity index (χ3v) is 4.37. The van der Waals surface area contributed by atoms with Crippen molar-refractivity contribution in [2.24, 2.45) is 0 Å². The van der Waals surface area contributed by atoms with E-state index in [1.807, 2.05) is 30.3 Å². The smallest absolute Gasteiger partial charge is 0.252 e. The fraction of sp³-hybridized carbons (Fsp3) is 0.412. The Bertz CT molecular complexity index is 661. The van der Waals surface area contributed by atoms with Gasteiger partial charge in [0.1, 0.15) is 5.60 Å². The number of nitrogens with one attached hydrogen (secondary N) is 2. The number of hydrogen-bond donors (Lipinski definition) is 2. The topological polar surface area (TPSA) is 63.2 Å². The van der Waals surface area contributed by atoms with E-state index in [2.05, 4.69) is 15.6 Å². The van der Waals surface area contributed by atoms with Gasteiger partial charge in [-0.2, -0.15) is 0 Å². The number of amides is 1. The number of carbonyl (C=O) groups excluding carboxylic acids is 1. The van der Waals surface area contributed by atoms with E-state index in [-0.39, 0.29) is 5.91 Å². The number of rotatable bonds is 4. The summed E-state index contributed by atoms with van der Waals surface area (Å²) in [5.41, 5.74) is 1.25. The molecule has 1 fully saturated rings. The van der Waals surface area contributed by atoms with Crippen LogP contribution in [0.25, 0.3) is 10.9 Å². The molecule has 0 saturated carbocycles. The number of fused-ring (bicyclic) bond motifs is 1. The fourth-order valence-corrected chi connectivity index (χ4v) is 3.00. The number of hydrogen-bond acceptors (Lipinski definition) is 4. The second-order valence-electron chi connectivity index (χ2n) is 5.62. The first-order chi connectivity index (χ1) is 10.7. The second kappa shape index (κ2) is 6.42. The second-order valence-corrected chi connectivity index (χ2v) is 5.62. The van der Waals surface area contributed by atoms with Gasteiger partial charge in [0, 0.05) is 25.2 Å². The number of piperidine rings is 1. The van der Waals surface area contributed by atoms with Crippen molar-refractivity contribution >= 4 is 16.8 Å². The van der Waals surface area contributed by atoms with Crippen LogP contribution in [0.15, 0.2) is 36.5 Å². The van der Waals surface area contributed by atoms with E-state index in [9.17, 15) is 4.79 Å². The van der Waals surface area contributed by atoms with Crippen molar-refractivity contribution in [1.82, 2.24) is 15.6 Å². The Hall–Kier alpha value is -1.98. The quantitative estimate of drug-likeness (QED) is 0.900. The Morgan fingerprint density at radius 3 is 2.86 bits per heavy atom. The molecule has 1 saturated heterocycles. The summed E-state index contributed by atoms with van der Waals surface area (Å²) < 4.78 is 5.55. The third kappa shape index (κ3) is 2.82. The minimum atomic E-state index is -0.705. The minimum absolute atomic E-state index is 0.0376. The summed E-state index contributed by atoms with van der Waals surface area (Å²) in [4.78, 5) is 17.0. The van der Waals surface area contributed by atoms with Crippen LogP contribution in [-0.2, 0) is 16.1 Å². The number of aromatic nitrogens is 1. The Kier molecular flexibility index (Phi) is 4.36. The molecule has 3 rings (SSSR count). The van der Waals surface area contributed by atoms with Crippen LogP contribution < -0.4 is 10.6 Å². The van der Waals surface area contributed by atoms with E-state index in [1.165, 1.54) is 0 Å². The van der Waals surface area contributed by atoms with E-state index in [1.54, 1.807) is 13.3 Å². The van der Waals surface area contributed by atoms with Crippen LogP contribution in [0.4, 0.5) is 0 Å². The highest BCUT2D eigenvalue weighted by molar-refractivity contribution is 5.86. The first-order valence-electron chi connectivity index (χ1n) is 7.62. The summed E-state index contributed by atoms with van der Waals surface area (Å²) in [5, 5.41) is 7.36. The Morgan fingerprint density at radius 2 is 2.09 bits per heavy atom. The number of ether oxygens (including phenoxy) is 1. The molecular formula is C17H21N3O2. The van der Waals surface area contributed by atoms with Crippen molar-refractivity contribution in [3.63, 3.8) is 0 Å². The Balaban J connectivity index is 1.74. The molecular weight excluding hydrogens is 278 g/mol. The van der Waals surface area contributed by atoms with Crippen molar-refractivity contribution in [2.75, 3.05) is 20.2 Å². The molecule has 0 bridgehead atoms. The van der Waals surface area contributed by atoms with E-state index in [0.29, 0.717) is 19.4 Å². The van der Waals surface area contributed by atoms with E-state index in [0.717, 1.165) is 29.6 Å². The molecule has 0 spiro atoms. The zero-order valence-electron chi connectivity index (χ0n) is 12.8. The number of nitrogens with zero attached hydrogens (tertiary/aromatic N) is 1. The minimum Gasteiger partial charge on any atom is -0.368 e. The largest absolute Gasteiger partial charge is 0.368 e. The molecule has 0 aliphatic carbocycles. The number of carbonyl (C=O) groups is 1. The van der Waals surface area contributed by atoms with Crippen molar-refractivity contribution in [3.8, 4) is 0 Å². The van der Waals surface area contributed by atoms with Gasteiger partial charge in [-0.1, -0.05) is 24.3 Å². The third-order valence-electron chi connectivity index (χ3n) is 4.37. The van der Waals surface area contributed by atoms with Crippen molar-refractivity contribution in [1.29, 1.82) is 0 Å². The number of para-hydroxylation sites is 1. The van der Waals surface area contributed by atoms with Crippen LogP contribution in [0.5, 0.6) is 0 Å². The molecule has 22 heavy (non-hydrogen) atoms. The molecule has 1 aliphatic rings. The van der Waals surface area contributed by atoms with Gasteiger partial charge in [-0.25, -0.2) is 0 Å². The molecule has 1 aromatic carbocycles. The molecule has 0 unspecified atom stereocenters. The standard InChI is InChI=1S/C17H21N3O2/c1-22-17(7-10-18-11-8-17)16(21)20-12-14-5-2-4-13-6-3-9-19-15(13)14/h2-6,9,18H,7-8,10-12H2,1H3,(H,20,21). The van der Waals surface area contributed by atoms with Gasteiger partial charge in [0.05, 0.1) is 5.52 Å². The maximum absolute atomic E-state index is 12.6. The van der Waals surface area contributed by atoms with Gasteiger partial charge in [0.25, 0.3) is 5.91 Å². The van der Waals surface area contributed by atoms with E-state index in [4.69, 9.17) is 4.74 Å². The average Bonchev–Trinajstić information content (AvgIpc) is 2.60. The molecule has 0 atom stereocenters. The highest BCUT2D eigenvalue weighted by Crippen LogP contribution is 2.23. The lowest BCUT2D eigenvalue weighted by Crippen LogP contribution is -2.53. The van der Waals surface area contributed by atoms with Gasteiger partial charge in [0.15, 0.2) is 0 Å². The van der Waals surface area contributed by atoms with Gasteiger partial charge < -0.3 is 15.4 Å². The lowest BCUT2D eigenvalue weighted by Gasteiger charge is -2.34. The van der Waals surface area contributed by atoms with Crippen LogP contribution in [-0.4, -0.2) is 36.7 Å². The Morgan fingerprint density at radius 1 is 1.32 bits per heavy atom. The lowest BCUT2D eigenvalue weighted by atomic mass is 9.91. The first kappa shape index (κ1) is 14.9. The maximum atomic E-state index is 12.6. The van der Waals surface area contributed by atoms with Crippen LogP contribution in [0.3, 0.4) is 0 Å². The fourth-order valence-electron chi connectivity index (χ4n) is 3.00. The maximum Gasteiger partial charge on any atom is 0.252 e. The number of methoxy groups -OCH3 is 1. The summed E-state index contributed by atoms with van der Waals surface area (Å²) in [6.07, 6.45) is 3.17. The van der Waals surface area contributed by atoms with E-state index < -0.39 is 5.60 Å². The molecule has 2 N–H and O–H groups in total. The molecule has 1 amide bonds. The molecule has 1 aromatic heterocycles. The van der Waals surface area contributed by atoms with Crippen molar-refractivity contribution in [3.05, 3.63) is 42.1 Å². The monoisotopic (exact) mass is 299 g/mol. The van der Waals surface area contributed by atoms with E-state index >= 15 is 0 Å². The van der Waals surface area contributed by atoms with Crippen LogP contribution in [0.2, 0.25) is 0 Å². The zero-order chi connectivity index (χ0) is 15.4. The molecule has 1 aliphatic heterocycles. The predicted molar refractivity (Wildman–Crippen MR) is 85.4 cm³/mol. The van der Waals surface area contributed by atoms with Gasteiger partial charge in [-0.3, -0.25) is 9.78 Å². The zero-order valence-corrected chi connectivity index (χ0v) is 12.8. The van der Waals surface area contributed by atoms with Crippen LogP contribution >= 0.6 is 0 Å². The summed E-state index contributed by atoms with van der Waals surface area (Å²) in [5.74, 6) is -0.0376. The van der Waals surface area contributed by atoms with Gasteiger partial charge in [0.2, 0.25) is 0 Å². The number of benzene rings is 1. The molecule has 5 nitrogen and oxygen atoms in total. The summed E-state index contributed by atoms with van der Waals surface area (Å²) in [7, 11) is 1.62. The highest BCUT2D eigenvalue weighted by Gasteiger charge is 2.39. The normalized spacial score (nSPS) is 17.3. The molecule has 0 radical (unpaired) electrons. The van der Waals surface area contributed by atoms with Crippen molar-refractivity contribution in [2.45, 2.75) is 25.0 Å². The number of pyridine rings is 1. The van der Waals surface area contributed by atoms with Crippen LogP contribution in [0.1, 0.15) is 18.4 Å². The summed E-state index contributed by atoms with van der Waals surface area (Å²) in [6, 6.07) is 9.95. The van der Waals surface area contributed by atoms with Crippen molar-refractivity contribution < 1.29 is 9.53 Å². The van der Waals surface area contributed by atoms with Gasteiger partial charge in [-0.15, -0.1) is 0 Å². The SMILES string of the molecule is COC1(C(=O)NCc2cccc3cccnc23)CCNCC1. The Labute approximate surface area is 130 Å². The van der Waals surface area contributed by atoms with Gasteiger partial charge in [-0.05, 0) is 37.6 Å². The average molecular weight is 299 g/mol. The highest BCUT2D eigenvalue weighted by atomic mass is 16.5. The first-order valence-corrected chi connectivity index (χ1v) is 7.62. The summed E-state index contributed by atoms with van der Waals surface area (Å²) >= 11 is 0. The van der Waals surface area contributed by atoms with Crippen LogP contribution in [0, 0.1) is 0 Å². The lowest BCUT2D eigenvalue weighted by molar-refractivity contribution is -0.146. The molecule has 116 valence electrons. The molecule has 5 heteroatoms. The predicted octanol–water partition coefficient (Wildman–Crippen LogP) is 1.62. The summed E-state index contributed by atoms with van der Waals surface area (Å²) in [6.45, 7) is 2.07. The molecule has 2 aromatic rings. The van der Waals surface area contributed by atoms with Gasteiger partial charge >= 0.3 is 0 Å².